The molecule has 1 N–H and O–H groups in total. The molecule has 1 aromatic carbocycles. The van der Waals surface area contributed by atoms with E-state index >= 15 is 0 Å². The molecule has 2 heterocycles. The van der Waals surface area contributed by atoms with Gasteiger partial charge in [0.05, 0.1) is 22.4 Å². The van der Waals surface area contributed by atoms with Crippen molar-refractivity contribution in [3.8, 4) is 5.75 Å². The van der Waals surface area contributed by atoms with Crippen molar-refractivity contribution >= 4 is 28.0 Å². The zero-order valence-corrected chi connectivity index (χ0v) is 20.7. The SMILES string of the molecule is O=CN(O)C(CCCc1ncccn1)CS(=O)(=O)N1CCC(Oc2ccc(C(F)(F)F)cc2Cl)CC1. The van der Waals surface area contributed by atoms with Crippen LogP contribution in [0.2, 0.25) is 5.02 Å². The second-order valence-electron chi connectivity index (χ2n) is 8.33. The molecule has 14 heteroatoms. The van der Waals surface area contributed by atoms with Gasteiger partial charge in [-0.25, -0.2) is 27.8 Å². The highest BCUT2D eigenvalue weighted by Gasteiger charge is 2.34. The molecule has 1 saturated heterocycles. The lowest BCUT2D eigenvalue weighted by atomic mass is 10.1. The van der Waals surface area contributed by atoms with Gasteiger partial charge in [0.25, 0.3) is 0 Å². The number of carbonyl (C=O) groups is 1. The predicted octanol–water partition coefficient (Wildman–Crippen LogP) is 3.56. The Bertz CT molecular complexity index is 1120. The summed E-state index contributed by atoms with van der Waals surface area (Å²) in [4.78, 5) is 19.3. The number of ether oxygens (including phenoxy) is 1. The molecule has 0 spiro atoms. The first kappa shape index (κ1) is 28.1. The molecule has 1 amide bonds. The van der Waals surface area contributed by atoms with Crippen molar-refractivity contribution in [1.29, 1.82) is 0 Å². The summed E-state index contributed by atoms with van der Waals surface area (Å²) >= 11 is 5.94. The summed E-state index contributed by atoms with van der Waals surface area (Å²) in [6.07, 6.45) is 0.121. The van der Waals surface area contributed by atoms with Crippen LogP contribution in [-0.2, 0) is 27.4 Å². The van der Waals surface area contributed by atoms with Crippen LogP contribution < -0.4 is 4.74 Å². The Kier molecular flexibility index (Phi) is 9.50. The molecule has 1 aliphatic heterocycles. The molecule has 198 valence electrons. The van der Waals surface area contributed by atoms with E-state index in [0.717, 1.165) is 18.2 Å². The summed E-state index contributed by atoms with van der Waals surface area (Å²) in [5.74, 6) is 0.203. The molecule has 1 aliphatic rings. The molecular formula is C22H26ClF3N4O5S. The van der Waals surface area contributed by atoms with Crippen molar-refractivity contribution in [1.82, 2.24) is 19.3 Å². The average molecular weight is 551 g/mol. The first-order valence-electron chi connectivity index (χ1n) is 11.2. The second-order valence-corrected chi connectivity index (χ2v) is 10.8. The van der Waals surface area contributed by atoms with E-state index in [-0.39, 0.29) is 36.7 Å². The van der Waals surface area contributed by atoms with Crippen molar-refractivity contribution in [2.45, 2.75) is 50.4 Å². The maximum Gasteiger partial charge on any atom is 0.416 e. The van der Waals surface area contributed by atoms with Crippen molar-refractivity contribution in [3.05, 3.63) is 53.1 Å². The number of hydrogen-bond acceptors (Lipinski definition) is 7. The highest BCUT2D eigenvalue weighted by Crippen LogP contribution is 2.35. The number of nitrogens with zero attached hydrogens (tertiary/aromatic N) is 4. The fourth-order valence-corrected chi connectivity index (χ4v) is 5.87. The number of sulfonamides is 1. The Morgan fingerprint density at radius 1 is 1.25 bits per heavy atom. The largest absolute Gasteiger partial charge is 0.489 e. The minimum Gasteiger partial charge on any atom is -0.489 e. The van der Waals surface area contributed by atoms with Crippen molar-refractivity contribution < 1.29 is 36.3 Å². The lowest BCUT2D eigenvalue weighted by Gasteiger charge is -2.33. The van der Waals surface area contributed by atoms with E-state index in [2.05, 4.69) is 9.97 Å². The average Bonchev–Trinajstić information content (AvgIpc) is 2.84. The van der Waals surface area contributed by atoms with Crippen molar-refractivity contribution in [2.24, 2.45) is 0 Å². The normalized spacial score (nSPS) is 16.5. The Labute approximate surface area is 211 Å². The van der Waals surface area contributed by atoms with E-state index in [1.807, 2.05) is 0 Å². The quantitative estimate of drug-likeness (QED) is 0.258. The van der Waals surface area contributed by atoms with Gasteiger partial charge in [0, 0.05) is 31.9 Å². The summed E-state index contributed by atoms with van der Waals surface area (Å²) in [6, 6.07) is 3.53. The van der Waals surface area contributed by atoms with Crippen molar-refractivity contribution in [2.75, 3.05) is 18.8 Å². The molecule has 2 aromatic rings. The standard InChI is InChI=1S/C22H26ClF3N4O5S/c23-19-13-16(22(24,25)26)5-6-20(19)35-18-7-11-29(12-8-18)36(33,34)14-17(30(32)15-31)3-1-4-21-27-9-2-10-28-21/h2,5-6,9-10,13,15,17-18,32H,1,3-4,7-8,11-12,14H2. The van der Waals surface area contributed by atoms with E-state index in [1.165, 1.54) is 4.31 Å². The monoisotopic (exact) mass is 550 g/mol. The third-order valence-electron chi connectivity index (χ3n) is 5.79. The fraction of sp³-hybridized carbons (Fsp3) is 0.500. The maximum atomic E-state index is 13.0. The predicted molar refractivity (Wildman–Crippen MR) is 124 cm³/mol. The number of halogens is 4. The minimum atomic E-state index is -4.52. The lowest BCUT2D eigenvalue weighted by Crippen LogP contribution is -2.47. The lowest BCUT2D eigenvalue weighted by molar-refractivity contribution is -0.158. The molecule has 3 rings (SSSR count). The molecule has 0 aliphatic carbocycles. The second kappa shape index (κ2) is 12.2. The van der Waals surface area contributed by atoms with Crippen LogP contribution in [0.15, 0.2) is 36.7 Å². The number of hydroxylamine groups is 2. The van der Waals surface area contributed by atoms with E-state index in [1.54, 1.807) is 18.5 Å². The van der Waals surface area contributed by atoms with Gasteiger partial charge in [-0.1, -0.05) is 11.6 Å². The number of rotatable bonds is 11. The number of alkyl halides is 3. The topological polar surface area (TPSA) is 113 Å². The summed E-state index contributed by atoms with van der Waals surface area (Å²) in [7, 11) is -3.82. The van der Waals surface area contributed by atoms with Gasteiger partial charge < -0.3 is 4.74 Å². The number of piperidine rings is 1. The molecule has 36 heavy (non-hydrogen) atoms. The Morgan fingerprint density at radius 3 is 2.50 bits per heavy atom. The van der Waals surface area contributed by atoms with Gasteiger partial charge in [-0.2, -0.15) is 13.2 Å². The number of carbonyl (C=O) groups excluding carboxylic acids is 1. The maximum absolute atomic E-state index is 13.0. The first-order valence-corrected chi connectivity index (χ1v) is 13.2. The van der Waals surface area contributed by atoms with Gasteiger partial charge in [0.2, 0.25) is 16.4 Å². The fourth-order valence-electron chi connectivity index (χ4n) is 3.86. The molecule has 1 atom stereocenters. The minimum absolute atomic E-state index is 0.0929. The van der Waals surface area contributed by atoms with Crippen LogP contribution in [0.1, 0.15) is 37.1 Å². The van der Waals surface area contributed by atoms with Crippen LogP contribution in [0.3, 0.4) is 0 Å². The molecule has 1 aromatic heterocycles. The molecule has 1 fully saturated rings. The highest BCUT2D eigenvalue weighted by atomic mass is 35.5. The Hall–Kier alpha value is -2.48. The van der Waals surface area contributed by atoms with Crippen LogP contribution in [0.4, 0.5) is 13.2 Å². The summed E-state index contributed by atoms with van der Waals surface area (Å²) in [5, 5.41) is 10.1. The highest BCUT2D eigenvalue weighted by molar-refractivity contribution is 7.89. The van der Waals surface area contributed by atoms with Crippen LogP contribution in [-0.4, -0.2) is 70.4 Å². The van der Waals surface area contributed by atoms with Gasteiger partial charge in [-0.15, -0.1) is 0 Å². The number of aromatic nitrogens is 2. The van der Waals surface area contributed by atoms with Gasteiger partial charge in [-0.3, -0.25) is 10.0 Å². The molecule has 0 saturated carbocycles. The van der Waals surface area contributed by atoms with E-state index in [0.29, 0.717) is 36.6 Å². The van der Waals surface area contributed by atoms with E-state index in [4.69, 9.17) is 16.3 Å². The summed E-state index contributed by atoms with van der Waals surface area (Å²) in [6.45, 7) is 0.227. The Morgan fingerprint density at radius 2 is 1.92 bits per heavy atom. The van der Waals surface area contributed by atoms with E-state index in [9.17, 15) is 31.6 Å². The third-order valence-corrected chi connectivity index (χ3v) is 8.04. The number of aryl methyl sites for hydroxylation is 1. The molecule has 9 nitrogen and oxygen atoms in total. The molecular weight excluding hydrogens is 525 g/mol. The van der Waals surface area contributed by atoms with Gasteiger partial charge in [-0.05, 0) is 49.9 Å². The van der Waals surface area contributed by atoms with Crippen LogP contribution >= 0.6 is 11.6 Å². The van der Waals surface area contributed by atoms with Gasteiger partial charge in [0.15, 0.2) is 0 Å². The van der Waals surface area contributed by atoms with Crippen LogP contribution in [0, 0.1) is 0 Å². The molecule has 0 bridgehead atoms. The van der Waals surface area contributed by atoms with Gasteiger partial charge >= 0.3 is 6.18 Å². The summed E-state index contributed by atoms with van der Waals surface area (Å²) < 4.78 is 71.4. The molecule has 1 unspecified atom stereocenters. The van der Waals surface area contributed by atoms with E-state index < -0.39 is 39.7 Å². The Balaban J connectivity index is 1.54. The van der Waals surface area contributed by atoms with Crippen molar-refractivity contribution in [3.63, 3.8) is 0 Å². The van der Waals surface area contributed by atoms with Crippen LogP contribution in [0.25, 0.3) is 0 Å². The number of hydrogen-bond donors (Lipinski definition) is 1. The molecule has 0 radical (unpaired) electrons. The number of benzene rings is 1. The third kappa shape index (κ3) is 7.76. The number of amides is 1. The van der Waals surface area contributed by atoms with Gasteiger partial charge in [0.1, 0.15) is 17.7 Å². The first-order chi connectivity index (χ1) is 17.0. The zero-order valence-electron chi connectivity index (χ0n) is 19.1. The smallest absolute Gasteiger partial charge is 0.416 e. The van der Waals surface area contributed by atoms with Crippen LogP contribution in [0.5, 0.6) is 5.75 Å². The summed E-state index contributed by atoms with van der Waals surface area (Å²) in [5.41, 5.74) is -0.889. The zero-order chi connectivity index (χ0) is 26.3.